The summed E-state index contributed by atoms with van der Waals surface area (Å²) >= 11 is 6.36. The summed E-state index contributed by atoms with van der Waals surface area (Å²) in [5.74, 6) is 0.655. The predicted molar refractivity (Wildman–Crippen MR) is 95.4 cm³/mol. The van der Waals surface area contributed by atoms with Crippen LogP contribution in [0.15, 0.2) is 36.4 Å². The largest absolute Gasteiger partial charge is 0.486 e. The highest BCUT2D eigenvalue weighted by atomic mass is 35.5. The van der Waals surface area contributed by atoms with E-state index in [1.54, 1.807) is 0 Å². The van der Waals surface area contributed by atoms with Gasteiger partial charge in [-0.25, -0.2) is 4.79 Å². The van der Waals surface area contributed by atoms with Crippen LogP contribution in [0.25, 0.3) is 11.1 Å². The van der Waals surface area contributed by atoms with Gasteiger partial charge in [0.2, 0.25) is 0 Å². The van der Waals surface area contributed by atoms with E-state index < -0.39 is 6.09 Å². The van der Waals surface area contributed by atoms with Gasteiger partial charge in [0.1, 0.15) is 11.9 Å². The van der Waals surface area contributed by atoms with E-state index in [0.717, 1.165) is 22.4 Å². The van der Waals surface area contributed by atoms with Gasteiger partial charge in [-0.05, 0) is 35.4 Å². The second kappa shape index (κ2) is 6.61. The zero-order chi connectivity index (χ0) is 17.3. The molecular weight excluding hydrogens is 328 g/mol. The molecule has 0 fully saturated rings. The van der Waals surface area contributed by atoms with Gasteiger partial charge in [-0.1, -0.05) is 23.7 Å². The monoisotopic (exact) mass is 346 g/mol. The normalized spacial score (nSPS) is 15.5. The molecule has 0 saturated heterocycles. The molecule has 2 N–H and O–H groups in total. The van der Waals surface area contributed by atoms with Gasteiger partial charge in [-0.2, -0.15) is 0 Å². The van der Waals surface area contributed by atoms with Crippen molar-refractivity contribution >= 4 is 23.4 Å². The summed E-state index contributed by atoms with van der Waals surface area (Å²) in [6.07, 6.45) is -0.638. The number of hydrogen-bond donors (Lipinski definition) is 2. The summed E-state index contributed by atoms with van der Waals surface area (Å²) in [7, 11) is 4.01. The van der Waals surface area contributed by atoms with E-state index in [1.165, 1.54) is 0 Å². The van der Waals surface area contributed by atoms with Crippen molar-refractivity contribution in [2.75, 3.05) is 25.5 Å². The van der Waals surface area contributed by atoms with E-state index in [-0.39, 0.29) is 12.6 Å². The van der Waals surface area contributed by atoms with Crippen molar-refractivity contribution in [3.63, 3.8) is 0 Å². The van der Waals surface area contributed by atoms with E-state index in [1.807, 2.05) is 25.1 Å². The lowest BCUT2D eigenvalue weighted by atomic mass is 10.0. The van der Waals surface area contributed by atoms with Gasteiger partial charge in [0.25, 0.3) is 0 Å². The van der Waals surface area contributed by atoms with Crippen LogP contribution in [-0.4, -0.2) is 37.9 Å². The third-order valence-corrected chi connectivity index (χ3v) is 4.33. The van der Waals surface area contributed by atoms with Crippen LogP contribution < -0.4 is 15.0 Å². The Morgan fingerprint density at radius 3 is 2.62 bits per heavy atom. The topological polar surface area (TPSA) is 61.8 Å². The third kappa shape index (κ3) is 3.41. The number of nitrogens with zero attached hydrogens (tertiary/aromatic N) is 1. The molecule has 1 aliphatic rings. The average Bonchev–Trinajstić information content (AvgIpc) is 2.96. The summed E-state index contributed by atoms with van der Waals surface area (Å²) in [6, 6.07) is 12.2. The Hall–Kier alpha value is -2.40. The van der Waals surface area contributed by atoms with Crippen molar-refractivity contribution in [1.29, 1.82) is 0 Å². The lowest BCUT2D eigenvalue weighted by Gasteiger charge is -2.13. The fraction of sp³-hybridized carbons (Fsp3) is 0.278. The molecule has 6 heteroatoms. The van der Waals surface area contributed by atoms with Gasteiger partial charge in [-0.3, -0.25) is 0 Å². The van der Waals surface area contributed by atoms with Gasteiger partial charge in [-0.15, -0.1) is 0 Å². The molecular formula is C18H19ClN2O3. The van der Waals surface area contributed by atoms with Crippen LogP contribution in [0.3, 0.4) is 0 Å². The smallest absolute Gasteiger partial charge is 0.404 e. The molecule has 0 spiro atoms. The minimum absolute atomic E-state index is 0.222. The summed E-state index contributed by atoms with van der Waals surface area (Å²) in [5, 5.41) is 11.6. The molecule has 1 amide bonds. The molecule has 1 aliphatic heterocycles. The lowest BCUT2D eigenvalue weighted by molar-refractivity contribution is 0.181. The zero-order valence-corrected chi connectivity index (χ0v) is 14.3. The number of carboxylic acid groups (broad SMARTS) is 1. The van der Waals surface area contributed by atoms with E-state index in [0.29, 0.717) is 17.2 Å². The third-order valence-electron chi connectivity index (χ3n) is 4.05. The molecule has 0 aliphatic carbocycles. The van der Waals surface area contributed by atoms with Crippen LogP contribution in [-0.2, 0) is 6.42 Å². The Labute approximate surface area is 145 Å². The molecule has 0 saturated carbocycles. The van der Waals surface area contributed by atoms with E-state index in [4.69, 9.17) is 21.4 Å². The number of amides is 1. The highest BCUT2D eigenvalue weighted by molar-refractivity contribution is 6.32. The Kier molecular flexibility index (Phi) is 4.53. The lowest BCUT2D eigenvalue weighted by Crippen LogP contribution is -2.33. The predicted octanol–water partition coefficient (Wildman–Crippen LogP) is 3.64. The first-order valence-electron chi connectivity index (χ1n) is 7.67. The summed E-state index contributed by atoms with van der Waals surface area (Å²) in [4.78, 5) is 12.7. The molecule has 126 valence electrons. The van der Waals surface area contributed by atoms with Gasteiger partial charge >= 0.3 is 6.09 Å². The number of rotatable bonds is 4. The van der Waals surface area contributed by atoms with Crippen molar-refractivity contribution in [3.8, 4) is 16.9 Å². The van der Waals surface area contributed by atoms with Crippen molar-refractivity contribution in [2.24, 2.45) is 0 Å². The van der Waals surface area contributed by atoms with Crippen molar-refractivity contribution in [3.05, 3.63) is 47.0 Å². The highest BCUT2D eigenvalue weighted by Crippen LogP contribution is 2.39. The Bertz CT molecular complexity index is 760. The fourth-order valence-electron chi connectivity index (χ4n) is 2.82. The average molecular weight is 347 g/mol. The standard InChI is InChI=1S/C18H19ClN2O3/c1-21(2)14-5-3-11(4-6-14)12-7-13-8-15(10-20-18(22)23)24-17(13)16(19)9-12/h3-7,9,15,20H,8,10H2,1-2H3,(H,22,23). The first kappa shape index (κ1) is 16.5. The fourth-order valence-corrected chi connectivity index (χ4v) is 3.10. The first-order chi connectivity index (χ1) is 11.4. The zero-order valence-electron chi connectivity index (χ0n) is 13.5. The molecule has 1 atom stereocenters. The summed E-state index contributed by atoms with van der Waals surface area (Å²) in [6.45, 7) is 0.243. The van der Waals surface area contributed by atoms with E-state index >= 15 is 0 Å². The molecule has 5 nitrogen and oxygen atoms in total. The number of nitrogens with one attached hydrogen (secondary N) is 1. The quantitative estimate of drug-likeness (QED) is 0.887. The molecule has 1 heterocycles. The number of halogens is 1. The Morgan fingerprint density at radius 1 is 1.29 bits per heavy atom. The minimum Gasteiger partial charge on any atom is -0.486 e. The minimum atomic E-state index is -1.05. The Morgan fingerprint density at radius 2 is 2.00 bits per heavy atom. The molecule has 0 radical (unpaired) electrons. The van der Waals surface area contributed by atoms with Crippen LogP contribution in [0.5, 0.6) is 5.75 Å². The van der Waals surface area contributed by atoms with Gasteiger partial charge in [0.15, 0.2) is 0 Å². The summed E-state index contributed by atoms with van der Waals surface area (Å²) < 4.78 is 5.77. The number of fused-ring (bicyclic) bond motifs is 1. The van der Waals surface area contributed by atoms with Gasteiger partial charge < -0.3 is 20.1 Å². The Balaban J connectivity index is 1.82. The van der Waals surface area contributed by atoms with E-state index in [2.05, 4.69) is 35.6 Å². The maximum atomic E-state index is 10.6. The molecule has 2 aromatic carbocycles. The van der Waals surface area contributed by atoms with Crippen molar-refractivity contribution in [1.82, 2.24) is 5.32 Å². The maximum Gasteiger partial charge on any atom is 0.404 e. The SMILES string of the molecule is CN(C)c1ccc(-c2cc(Cl)c3c(c2)CC(CNC(=O)O)O3)cc1. The van der Waals surface area contributed by atoms with Gasteiger partial charge in [0.05, 0.1) is 11.6 Å². The number of benzene rings is 2. The second-order valence-corrected chi connectivity index (χ2v) is 6.42. The van der Waals surface area contributed by atoms with Crippen LogP contribution in [0.4, 0.5) is 10.5 Å². The number of carbonyl (C=O) groups is 1. The van der Waals surface area contributed by atoms with E-state index in [9.17, 15) is 4.79 Å². The van der Waals surface area contributed by atoms with Crippen LogP contribution >= 0.6 is 11.6 Å². The molecule has 24 heavy (non-hydrogen) atoms. The molecule has 0 bridgehead atoms. The first-order valence-corrected chi connectivity index (χ1v) is 8.05. The van der Waals surface area contributed by atoms with Crippen molar-refractivity contribution in [2.45, 2.75) is 12.5 Å². The van der Waals surface area contributed by atoms with Crippen molar-refractivity contribution < 1.29 is 14.6 Å². The molecule has 2 aromatic rings. The van der Waals surface area contributed by atoms with Gasteiger partial charge in [0, 0.05) is 31.8 Å². The molecule has 1 unspecified atom stereocenters. The number of hydrogen-bond acceptors (Lipinski definition) is 3. The summed E-state index contributed by atoms with van der Waals surface area (Å²) in [5.41, 5.74) is 4.25. The number of ether oxygens (including phenoxy) is 1. The van der Waals surface area contributed by atoms with Crippen LogP contribution in [0.2, 0.25) is 5.02 Å². The van der Waals surface area contributed by atoms with Crippen LogP contribution in [0, 0.1) is 0 Å². The molecule has 3 rings (SSSR count). The highest BCUT2D eigenvalue weighted by Gasteiger charge is 2.26. The number of anilines is 1. The maximum absolute atomic E-state index is 10.6. The molecule has 0 aromatic heterocycles. The van der Waals surface area contributed by atoms with Crippen LogP contribution in [0.1, 0.15) is 5.56 Å². The second-order valence-electron chi connectivity index (χ2n) is 6.02.